The number of carboxylic acid groups (broad SMARTS) is 1. The quantitative estimate of drug-likeness (QED) is 0.746. The fourth-order valence-corrected chi connectivity index (χ4v) is 3.10. The summed E-state index contributed by atoms with van der Waals surface area (Å²) in [4.78, 5) is 24.0. The van der Waals surface area contributed by atoms with Gasteiger partial charge in [-0.05, 0) is 28.1 Å². The summed E-state index contributed by atoms with van der Waals surface area (Å²) in [6.45, 7) is 0.335. The van der Waals surface area contributed by atoms with Crippen LogP contribution in [-0.2, 0) is 18.4 Å². The van der Waals surface area contributed by atoms with Gasteiger partial charge in [-0.1, -0.05) is 0 Å². The molecule has 3 N–H and O–H groups in total. The van der Waals surface area contributed by atoms with Crippen molar-refractivity contribution in [2.24, 2.45) is 7.05 Å². The molecule has 0 spiro atoms. The van der Waals surface area contributed by atoms with E-state index in [0.717, 1.165) is 8.66 Å². The summed E-state index contributed by atoms with van der Waals surface area (Å²) in [5, 5.41) is 18.1. The van der Waals surface area contributed by atoms with E-state index in [1.807, 2.05) is 12.1 Å². The van der Waals surface area contributed by atoms with E-state index in [1.165, 1.54) is 22.2 Å². The van der Waals surface area contributed by atoms with Crippen molar-refractivity contribution in [2.75, 3.05) is 0 Å². The molecule has 2 heterocycles. The number of nitrogens with zero attached hydrogens (tertiary/aromatic N) is 2. The van der Waals surface area contributed by atoms with Crippen LogP contribution < -0.4 is 10.6 Å². The Kier molecular flexibility index (Phi) is 4.97. The standard InChI is InChI=1S/C12H13BrN4O3S/c1-17-6-7(4-15-17)10(11(18)19)16-12(20)14-5-8-2-3-9(13)21-8/h2-4,6,10H,5H2,1H3,(H,18,19)(H2,14,16,20). The number of thiophene rings is 1. The smallest absolute Gasteiger partial charge is 0.331 e. The molecule has 0 aliphatic rings. The molecule has 0 fully saturated rings. The maximum absolute atomic E-state index is 11.8. The van der Waals surface area contributed by atoms with Crippen LogP contribution >= 0.6 is 27.3 Å². The number of aryl methyl sites for hydroxylation is 1. The summed E-state index contributed by atoms with van der Waals surface area (Å²) in [5.74, 6) is -1.14. The van der Waals surface area contributed by atoms with Crippen LogP contribution in [0.5, 0.6) is 0 Å². The second-order valence-electron chi connectivity index (χ2n) is 4.25. The first-order chi connectivity index (χ1) is 9.95. The number of hydrogen-bond acceptors (Lipinski definition) is 4. The number of nitrogens with one attached hydrogen (secondary N) is 2. The fraction of sp³-hybridized carbons (Fsp3) is 0.250. The number of urea groups is 1. The molecular formula is C12H13BrN4O3S. The fourth-order valence-electron chi connectivity index (χ4n) is 1.67. The van der Waals surface area contributed by atoms with Crippen molar-refractivity contribution in [3.05, 3.63) is 38.8 Å². The molecule has 112 valence electrons. The Morgan fingerprint density at radius 2 is 2.29 bits per heavy atom. The van der Waals surface area contributed by atoms with E-state index >= 15 is 0 Å². The molecule has 9 heteroatoms. The first kappa shape index (κ1) is 15.5. The summed E-state index contributed by atoms with van der Waals surface area (Å²) in [6, 6.07) is 2.09. The molecular weight excluding hydrogens is 360 g/mol. The van der Waals surface area contributed by atoms with E-state index in [0.29, 0.717) is 12.1 Å². The largest absolute Gasteiger partial charge is 0.479 e. The number of halogens is 1. The van der Waals surface area contributed by atoms with Crippen LogP contribution in [0.25, 0.3) is 0 Å². The molecule has 0 saturated carbocycles. The summed E-state index contributed by atoms with van der Waals surface area (Å²) in [6.07, 6.45) is 2.96. The summed E-state index contributed by atoms with van der Waals surface area (Å²) in [7, 11) is 1.68. The third kappa shape index (κ3) is 4.30. The van der Waals surface area contributed by atoms with E-state index < -0.39 is 18.0 Å². The van der Waals surface area contributed by atoms with Crippen molar-refractivity contribution in [2.45, 2.75) is 12.6 Å². The predicted octanol–water partition coefficient (Wildman–Crippen LogP) is 1.87. The van der Waals surface area contributed by atoms with Gasteiger partial charge in [0.1, 0.15) is 0 Å². The van der Waals surface area contributed by atoms with Crippen molar-refractivity contribution in [3.8, 4) is 0 Å². The monoisotopic (exact) mass is 372 g/mol. The van der Waals surface area contributed by atoms with Crippen LogP contribution in [0.2, 0.25) is 0 Å². The van der Waals surface area contributed by atoms with Crippen molar-refractivity contribution >= 4 is 39.3 Å². The first-order valence-corrected chi connectivity index (χ1v) is 7.56. The molecule has 0 aliphatic heterocycles. The van der Waals surface area contributed by atoms with Crippen LogP contribution in [0.3, 0.4) is 0 Å². The predicted molar refractivity (Wildman–Crippen MR) is 81.0 cm³/mol. The van der Waals surface area contributed by atoms with E-state index in [2.05, 4.69) is 31.7 Å². The number of aliphatic carboxylic acids is 1. The van der Waals surface area contributed by atoms with E-state index in [1.54, 1.807) is 13.2 Å². The molecule has 2 aromatic heterocycles. The maximum Gasteiger partial charge on any atom is 0.331 e. The minimum Gasteiger partial charge on any atom is -0.479 e. The Balaban J connectivity index is 1.94. The Morgan fingerprint density at radius 3 is 2.81 bits per heavy atom. The third-order valence-electron chi connectivity index (χ3n) is 2.63. The summed E-state index contributed by atoms with van der Waals surface area (Å²) >= 11 is 4.83. The Hall–Kier alpha value is -1.87. The van der Waals surface area contributed by atoms with Gasteiger partial charge in [-0.3, -0.25) is 4.68 Å². The van der Waals surface area contributed by atoms with Crippen molar-refractivity contribution < 1.29 is 14.7 Å². The molecule has 7 nitrogen and oxygen atoms in total. The van der Waals surface area contributed by atoms with Gasteiger partial charge >= 0.3 is 12.0 Å². The Bertz CT molecular complexity index is 654. The lowest BCUT2D eigenvalue weighted by Gasteiger charge is -2.13. The minimum absolute atomic E-state index is 0.335. The van der Waals surface area contributed by atoms with E-state index in [-0.39, 0.29) is 0 Å². The zero-order valence-electron chi connectivity index (χ0n) is 11.0. The van der Waals surface area contributed by atoms with Crippen molar-refractivity contribution in [1.29, 1.82) is 0 Å². The lowest BCUT2D eigenvalue weighted by Crippen LogP contribution is -2.40. The van der Waals surface area contributed by atoms with Gasteiger partial charge in [-0.2, -0.15) is 5.10 Å². The highest BCUT2D eigenvalue weighted by Crippen LogP contribution is 2.21. The Labute approximate surface area is 133 Å². The summed E-state index contributed by atoms with van der Waals surface area (Å²) < 4.78 is 2.45. The molecule has 2 rings (SSSR count). The van der Waals surface area contributed by atoms with Gasteiger partial charge < -0.3 is 15.7 Å². The lowest BCUT2D eigenvalue weighted by atomic mass is 10.1. The minimum atomic E-state index is -1.14. The third-order valence-corrected chi connectivity index (χ3v) is 4.26. The highest BCUT2D eigenvalue weighted by Gasteiger charge is 2.23. The van der Waals surface area contributed by atoms with Crippen molar-refractivity contribution in [3.63, 3.8) is 0 Å². The number of carbonyl (C=O) groups excluding carboxylic acids is 1. The van der Waals surface area contributed by atoms with Crippen LogP contribution in [0.15, 0.2) is 28.3 Å². The van der Waals surface area contributed by atoms with Crippen LogP contribution in [-0.4, -0.2) is 26.9 Å². The molecule has 0 aliphatic carbocycles. The van der Waals surface area contributed by atoms with Crippen LogP contribution in [0.4, 0.5) is 4.79 Å². The molecule has 1 atom stereocenters. The number of rotatable bonds is 5. The summed E-state index contributed by atoms with van der Waals surface area (Å²) in [5.41, 5.74) is 0.416. The first-order valence-electron chi connectivity index (χ1n) is 5.95. The second-order valence-corrected chi connectivity index (χ2v) is 6.80. The SMILES string of the molecule is Cn1cc(C(NC(=O)NCc2ccc(Br)s2)C(=O)O)cn1. The lowest BCUT2D eigenvalue weighted by molar-refractivity contribution is -0.139. The Morgan fingerprint density at radius 1 is 1.52 bits per heavy atom. The average Bonchev–Trinajstić information content (AvgIpc) is 3.02. The van der Waals surface area contributed by atoms with Crippen LogP contribution in [0.1, 0.15) is 16.5 Å². The van der Waals surface area contributed by atoms with Gasteiger partial charge in [0.2, 0.25) is 0 Å². The number of hydrogen-bond donors (Lipinski definition) is 3. The van der Waals surface area contributed by atoms with E-state index in [4.69, 9.17) is 0 Å². The number of aromatic nitrogens is 2. The molecule has 0 saturated heterocycles. The zero-order valence-corrected chi connectivity index (χ0v) is 13.4. The van der Waals surface area contributed by atoms with Gasteiger partial charge in [-0.15, -0.1) is 11.3 Å². The molecule has 0 aromatic carbocycles. The number of amides is 2. The molecule has 0 bridgehead atoms. The van der Waals surface area contributed by atoms with Gasteiger partial charge in [0.05, 0.1) is 16.5 Å². The van der Waals surface area contributed by atoms with Gasteiger partial charge in [-0.25, -0.2) is 9.59 Å². The molecule has 2 amide bonds. The number of carbonyl (C=O) groups is 2. The van der Waals surface area contributed by atoms with Gasteiger partial charge in [0.25, 0.3) is 0 Å². The number of carboxylic acids is 1. The average molecular weight is 373 g/mol. The molecule has 2 aromatic rings. The molecule has 0 radical (unpaired) electrons. The zero-order chi connectivity index (χ0) is 15.4. The topological polar surface area (TPSA) is 96.2 Å². The maximum atomic E-state index is 11.8. The van der Waals surface area contributed by atoms with Gasteiger partial charge in [0, 0.05) is 23.7 Å². The van der Waals surface area contributed by atoms with Gasteiger partial charge in [0.15, 0.2) is 6.04 Å². The second kappa shape index (κ2) is 6.72. The normalized spacial score (nSPS) is 11.9. The molecule has 21 heavy (non-hydrogen) atoms. The van der Waals surface area contributed by atoms with E-state index in [9.17, 15) is 14.7 Å². The van der Waals surface area contributed by atoms with Crippen LogP contribution in [0, 0.1) is 0 Å². The molecule has 1 unspecified atom stereocenters. The highest BCUT2D eigenvalue weighted by atomic mass is 79.9. The van der Waals surface area contributed by atoms with Crippen molar-refractivity contribution in [1.82, 2.24) is 20.4 Å². The highest BCUT2D eigenvalue weighted by molar-refractivity contribution is 9.11.